The molecule has 4 aliphatic carbocycles. The van der Waals surface area contributed by atoms with E-state index in [0.717, 1.165) is 0 Å². The van der Waals surface area contributed by atoms with Crippen molar-refractivity contribution in [2.24, 2.45) is 11.8 Å². The molecule has 0 heterocycles. The van der Waals surface area contributed by atoms with Crippen LogP contribution in [-0.4, -0.2) is 8.07 Å². The number of rotatable bonds is 2. The molecule has 1 heteroatoms. The fourth-order valence-electron chi connectivity index (χ4n) is 3.87. The summed E-state index contributed by atoms with van der Waals surface area (Å²) in [5.41, 5.74) is 3.05. The third-order valence-corrected chi connectivity index (χ3v) is 8.64. The van der Waals surface area contributed by atoms with E-state index in [2.05, 4.69) is 86.0 Å². The van der Waals surface area contributed by atoms with Gasteiger partial charge in [0.25, 0.3) is 0 Å². The van der Waals surface area contributed by atoms with Crippen LogP contribution in [0.25, 0.3) is 0 Å². The van der Waals surface area contributed by atoms with Crippen molar-refractivity contribution in [1.82, 2.24) is 0 Å². The minimum atomic E-state index is -1.64. The molecule has 0 amide bonds. The summed E-state index contributed by atoms with van der Waals surface area (Å²) in [6.45, 7) is 4.99. The minimum Gasteiger partial charge on any atom is -0.0733 e. The van der Waals surface area contributed by atoms with Gasteiger partial charge in [-0.05, 0) is 11.1 Å². The maximum atomic E-state index is 2.50. The van der Waals surface area contributed by atoms with Gasteiger partial charge in [-0.2, -0.15) is 0 Å². The molecule has 4 aliphatic rings. The first-order chi connectivity index (χ1) is 10.2. The van der Waals surface area contributed by atoms with E-state index in [1.165, 1.54) is 11.1 Å². The number of hydrogen-bond acceptors (Lipinski definition) is 0. The van der Waals surface area contributed by atoms with Crippen molar-refractivity contribution < 1.29 is 0 Å². The Kier molecular flexibility index (Phi) is 2.80. The molecular weight excluding hydrogens is 268 g/mol. The van der Waals surface area contributed by atoms with Gasteiger partial charge in [0.15, 0.2) is 0 Å². The molecule has 0 aromatic heterocycles. The van der Waals surface area contributed by atoms with Crippen LogP contribution in [-0.2, 0) is 0 Å². The van der Waals surface area contributed by atoms with Crippen LogP contribution in [0.3, 0.4) is 0 Å². The lowest BCUT2D eigenvalue weighted by Gasteiger charge is -2.28. The van der Waals surface area contributed by atoms with Gasteiger partial charge in [-0.3, -0.25) is 0 Å². The van der Waals surface area contributed by atoms with Crippen molar-refractivity contribution in [3.63, 3.8) is 0 Å². The zero-order chi connectivity index (χ0) is 14.4. The van der Waals surface area contributed by atoms with Crippen molar-refractivity contribution in [2.45, 2.75) is 13.1 Å². The van der Waals surface area contributed by atoms with Gasteiger partial charge in [0, 0.05) is 11.8 Å². The first-order valence-electron chi connectivity index (χ1n) is 7.73. The lowest BCUT2D eigenvalue weighted by molar-refractivity contribution is 1.01. The Morgan fingerprint density at radius 2 is 1.10 bits per heavy atom. The fraction of sp³-hybridized carbons (Fsp3) is 0.200. The maximum Gasteiger partial charge on any atom is 0.112 e. The first-order valence-corrected chi connectivity index (χ1v) is 10.7. The predicted molar refractivity (Wildman–Crippen MR) is 93.4 cm³/mol. The molecule has 0 saturated carbocycles. The lowest BCUT2D eigenvalue weighted by Crippen LogP contribution is -2.32. The van der Waals surface area contributed by atoms with Gasteiger partial charge in [0.05, 0.1) is 0 Å². The van der Waals surface area contributed by atoms with Crippen LogP contribution in [0.1, 0.15) is 0 Å². The van der Waals surface area contributed by atoms with Crippen molar-refractivity contribution in [1.29, 1.82) is 0 Å². The predicted octanol–water partition coefficient (Wildman–Crippen LogP) is 4.99. The highest BCUT2D eigenvalue weighted by Gasteiger charge is 2.37. The topological polar surface area (TPSA) is 0 Å². The van der Waals surface area contributed by atoms with E-state index >= 15 is 0 Å². The highest BCUT2D eigenvalue weighted by atomic mass is 28.3. The van der Waals surface area contributed by atoms with Crippen molar-refractivity contribution in [3.8, 4) is 0 Å². The summed E-state index contributed by atoms with van der Waals surface area (Å²) in [6, 6.07) is 0. The van der Waals surface area contributed by atoms with E-state index in [-0.39, 0.29) is 0 Å². The standard InChI is InChI=1S/C20H20Si/c1-21(2,19-13-11-15-7-3-5-9-17(15)19)20-14-12-16-8-4-6-10-18(16)20/h3-16H,1-2H3. The molecule has 0 fully saturated rings. The zero-order valence-corrected chi connectivity index (χ0v) is 13.6. The Labute approximate surface area is 128 Å². The van der Waals surface area contributed by atoms with Crippen LogP contribution < -0.4 is 0 Å². The van der Waals surface area contributed by atoms with Crippen LogP contribution >= 0.6 is 0 Å². The summed E-state index contributed by atoms with van der Waals surface area (Å²) >= 11 is 0. The quantitative estimate of drug-likeness (QED) is 0.628. The Balaban J connectivity index is 1.82. The third kappa shape index (κ3) is 1.88. The maximum absolute atomic E-state index is 2.50. The van der Waals surface area contributed by atoms with E-state index in [1.54, 1.807) is 10.4 Å². The first kappa shape index (κ1) is 12.8. The van der Waals surface area contributed by atoms with Crippen molar-refractivity contribution in [3.05, 3.63) is 94.5 Å². The molecule has 2 unspecified atom stereocenters. The number of fused-ring (bicyclic) bond motifs is 2. The molecule has 0 aromatic carbocycles. The average molecular weight is 288 g/mol. The van der Waals surface area contributed by atoms with Gasteiger partial charge < -0.3 is 0 Å². The monoisotopic (exact) mass is 288 g/mol. The third-order valence-electron chi connectivity index (χ3n) is 5.04. The molecular formula is C20H20Si. The van der Waals surface area contributed by atoms with Crippen LogP contribution in [0, 0.1) is 11.8 Å². The second kappa shape index (κ2) is 4.57. The molecule has 0 nitrogen and oxygen atoms in total. The van der Waals surface area contributed by atoms with Gasteiger partial charge in [-0.15, -0.1) is 0 Å². The van der Waals surface area contributed by atoms with Crippen LogP contribution in [0.15, 0.2) is 94.5 Å². The highest BCUT2D eigenvalue weighted by molar-refractivity contribution is 6.92. The summed E-state index contributed by atoms with van der Waals surface area (Å²) in [5.74, 6) is 1.01. The summed E-state index contributed by atoms with van der Waals surface area (Å²) in [4.78, 5) is 0. The van der Waals surface area contributed by atoms with Gasteiger partial charge in [-0.1, -0.05) is 96.4 Å². The smallest absolute Gasteiger partial charge is 0.0733 e. The molecule has 0 N–H and O–H groups in total. The van der Waals surface area contributed by atoms with E-state index in [1.807, 2.05) is 0 Å². The summed E-state index contributed by atoms with van der Waals surface area (Å²) < 4.78 is 0. The Morgan fingerprint density at radius 3 is 1.57 bits per heavy atom. The van der Waals surface area contributed by atoms with Gasteiger partial charge in [0.1, 0.15) is 8.07 Å². The second-order valence-electron chi connectivity index (χ2n) is 6.62. The summed E-state index contributed by atoms with van der Waals surface area (Å²) in [7, 11) is -1.64. The molecule has 0 aliphatic heterocycles. The molecule has 2 atom stereocenters. The summed E-state index contributed by atoms with van der Waals surface area (Å²) in [5, 5.41) is 3.20. The normalized spacial score (nSPS) is 28.9. The average Bonchev–Trinajstić information content (AvgIpc) is 3.12. The van der Waals surface area contributed by atoms with Crippen molar-refractivity contribution >= 4 is 8.07 Å². The van der Waals surface area contributed by atoms with Crippen molar-refractivity contribution in [2.75, 3.05) is 0 Å². The van der Waals surface area contributed by atoms with E-state index in [9.17, 15) is 0 Å². The minimum absolute atomic E-state index is 0.505. The van der Waals surface area contributed by atoms with Crippen LogP contribution in [0.4, 0.5) is 0 Å². The molecule has 0 aromatic rings. The van der Waals surface area contributed by atoms with Gasteiger partial charge >= 0.3 is 0 Å². The van der Waals surface area contributed by atoms with E-state index < -0.39 is 8.07 Å². The molecule has 0 spiro atoms. The molecule has 21 heavy (non-hydrogen) atoms. The highest BCUT2D eigenvalue weighted by Crippen LogP contribution is 2.42. The Bertz CT molecular complexity index is 668. The number of allylic oxidation sites excluding steroid dienone is 16. The molecule has 0 saturated heterocycles. The second-order valence-corrected chi connectivity index (χ2v) is 10.9. The molecule has 0 radical (unpaired) electrons. The molecule has 4 rings (SSSR count). The van der Waals surface area contributed by atoms with Crippen LogP contribution in [0.5, 0.6) is 0 Å². The molecule has 0 bridgehead atoms. The van der Waals surface area contributed by atoms with E-state index in [4.69, 9.17) is 0 Å². The lowest BCUT2D eigenvalue weighted by atomic mass is 9.98. The Hall–Kier alpha value is -1.86. The fourth-order valence-corrected chi connectivity index (χ4v) is 7.13. The van der Waals surface area contributed by atoms with E-state index in [0.29, 0.717) is 11.8 Å². The number of hydrogen-bond donors (Lipinski definition) is 0. The summed E-state index contributed by atoms with van der Waals surface area (Å²) in [6.07, 6.45) is 27.4. The SMILES string of the molecule is C[Si](C)(C1=C2C=CC=CC2C=C1)C1=C2C=CC=CC2C=C1. The van der Waals surface area contributed by atoms with Crippen LogP contribution in [0.2, 0.25) is 13.1 Å². The zero-order valence-electron chi connectivity index (χ0n) is 12.6. The van der Waals surface area contributed by atoms with Gasteiger partial charge in [0.2, 0.25) is 0 Å². The van der Waals surface area contributed by atoms with Gasteiger partial charge in [-0.25, -0.2) is 0 Å². The molecule has 104 valence electrons. The Morgan fingerprint density at radius 1 is 0.619 bits per heavy atom. The largest absolute Gasteiger partial charge is 0.112 e.